The Labute approximate surface area is 116 Å². The molecule has 1 aliphatic heterocycles. The molecule has 104 valence electrons. The second-order valence-corrected chi connectivity index (χ2v) is 4.69. The number of rotatable bonds is 5. The number of ether oxygens (including phenoxy) is 1. The van der Waals surface area contributed by atoms with Gasteiger partial charge in [0.25, 0.3) is 5.91 Å². The summed E-state index contributed by atoms with van der Waals surface area (Å²) in [4.78, 5) is 15.9. The number of aromatic nitrogens is 3. The SMILES string of the molecule is O=C(NCCCn1cncn1)c1ccc2c(c1)CCO2. The van der Waals surface area contributed by atoms with Crippen molar-refractivity contribution in [2.45, 2.75) is 19.4 Å². The van der Waals surface area contributed by atoms with Gasteiger partial charge in [0.15, 0.2) is 0 Å². The van der Waals surface area contributed by atoms with E-state index in [9.17, 15) is 4.79 Å². The van der Waals surface area contributed by atoms with Crippen LogP contribution in [0.25, 0.3) is 0 Å². The van der Waals surface area contributed by atoms with Crippen LogP contribution >= 0.6 is 0 Å². The van der Waals surface area contributed by atoms with Crippen LogP contribution in [0.2, 0.25) is 0 Å². The Morgan fingerprint density at radius 1 is 1.45 bits per heavy atom. The number of benzene rings is 1. The third-order valence-electron chi connectivity index (χ3n) is 3.27. The first-order chi connectivity index (χ1) is 9.83. The van der Waals surface area contributed by atoms with Gasteiger partial charge in [0, 0.05) is 25.1 Å². The van der Waals surface area contributed by atoms with Gasteiger partial charge in [-0.1, -0.05) is 0 Å². The molecule has 20 heavy (non-hydrogen) atoms. The molecule has 1 aliphatic rings. The predicted octanol–water partition coefficient (Wildman–Crippen LogP) is 1.03. The first-order valence-corrected chi connectivity index (χ1v) is 6.69. The standard InChI is InChI=1S/C14H16N4O2/c19-14(16-5-1-6-18-10-15-9-17-18)12-2-3-13-11(8-12)4-7-20-13/h2-3,8-10H,1,4-7H2,(H,16,19). The molecule has 0 aliphatic carbocycles. The number of amides is 1. The van der Waals surface area contributed by atoms with E-state index in [-0.39, 0.29) is 5.91 Å². The monoisotopic (exact) mass is 272 g/mol. The zero-order valence-corrected chi connectivity index (χ0v) is 11.1. The summed E-state index contributed by atoms with van der Waals surface area (Å²) >= 11 is 0. The molecule has 0 radical (unpaired) electrons. The van der Waals surface area contributed by atoms with Crippen molar-refractivity contribution in [3.05, 3.63) is 42.0 Å². The summed E-state index contributed by atoms with van der Waals surface area (Å²) in [7, 11) is 0. The Balaban J connectivity index is 1.49. The van der Waals surface area contributed by atoms with Gasteiger partial charge in [-0.05, 0) is 30.2 Å². The largest absolute Gasteiger partial charge is 0.493 e. The van der Waals surface area contributed by atoms with Gasteiger partial charge in [-0.25, -0.2) is 4.98 Å². The molecule has 1 amide bonds. The molecule has 0 unspecified atom stereocenters. The minimum absolute atomic E-state index is 0.0432. The van der Waals surface area contributed by atoms with Crippen LogP contribution in [0.15, 0.2) is 30.9 Å². The highest BCUT2D eigenvalue weighted by Gasteiger charge is 2.14. The lowest BCUT2D eigenvalue weighted by Crippen LogP contribution is -2.25. The van der Waals surface area contributed by atoms with Crippen LogP contribution in [-0.2, 0) is 13.0 Å². The van der Waals surface area contributed by atoms with Crippen LogP contribution in [0.3, 0.4) is 0 Å². The van der Waals surface area contributed by atoms with E-state index in [1.54, 1.807) is 17.1 Å². The van der Waals surface area contributed by atoms with Crippen LogP contribution in [0.4, 0.5) is 0 Å². The van der Waals surface area contributed by atoms with Crippen molar-refractivity contribution in [2.75, 3.05) is 13.2 Å². The molecule has 0 saturated heterocycles. The molecule has 6 nitrogen and oxygen atoms in total. The fraction of sp³-hybridized carbons (Fsp3) is 0.357. The first kappa shape index (κ1) is 12.7. The van der Waals surface area contributed by atoms with Gasteiger partial charge in [0.1, 0.15) is 18.4 Å². The Morgan fingerprint density at radius 3 is 3.25 bits per heavy atom. The summed E-state index contributed by atoms with van der Waals surface area (Å²) in [5.41, 5.74) is 1.80. The lowest BCUT2D eigenvalue weighted by molar-refractivity contribution is 0.0952. The molecule has 2 heterocycles. The number of nitrogens with zero attached hydrogens (tertiary/aromatic N) is 3. The average molecular weight is 272 g/mol. The fourth-order valence-electron chi connectivity index (χ4n) is 2.22. The Morgan fingerprint density at radius 2 is 2.40 bits per heavy atom. The van der Waals surface area contributed by atoms with E-state index in [1.807, 2.05) is 12.1 Å². The van der Waals surface area contributed by atoms with Gasteiger partial charge in [-0.2, -0.15) is 5.10 Å². The Bertz CT molecular complexity index is 595. The van der Waals surface area contributed by atoms with Crippen molar-refractivity contribution in [3.63, 3.8) is 0 Å². The van der Waals surface area contributed by atoms with Crippen LogP contribution in [-0.4, -0.2) is 33.8 Å². The van der Waals surface area contributed by atoms with Gasteiger partial charge in [-0.15, -0.1) is 0 Å². The van der Waals surface area contributed by atoms with E-state index in [0.717, 1.165) is 30.7 Å². The molecule has 0 atom stereocenters. The molecule has 0 saturated carbocycles. The Kier molecular flexibility index (Phi) is 3.62. The van der Waals surface area contributed by atoms with E-state index in [4.69, 9.17) is 4.74 Å². The summed E-state index contributed by atoms with van der Waals surface area (Å²) in [6, 6.07) is 5.58. The van der Waals surface area contributed by atoms with E-state index < -0.39 is 0 Å². The van der Waals surface area contributed by atoms with Crippen molar-refractivity contribution < 1.29 is 9.53 Å². The van der Waals surface area contributed by atoms with Crippen molar-refractivity contribution >= 4 is 5.91 Å². The van der Waals surface area contributed by atoms with Crippen molar-refractivity contribution in [3.8, 4) is 5.75 Å². The smallest absolute Gasteiger partial charge is 0.251 e. The molecule has 0 fully saturated rings. The molecule has 0 spiro atoms. The third-order valence-corrected chi connectivity index (χ3v) is 3.27. The highest BCUT2D eigenvalue weighted by Crippen LogP contribution is 2.25. The topological polar surface area (TPSA) is 69.0 Å². The van der Waals surface area contributed by atoms with Crippen LogP contribution in [0, 0.1) is 0 Å². The molecule has 3 rings (SSSR count). The second kappa shape index (κ2) is 5.73. The van der Waals surface area contributed by atoms with Gasteiger partial charge in [0.2, 0.25) is 0 Å². The first-order valence-electron chi connectivity index (χ1n) is 6.69. The maximum Gasteiger partial charge on any atom is 0.251 e. The van der Waals surface area contributed by atoms with Crippen molar-refractivity contribution in [1.82, 2.24) is 20.1 Å². The van der Waals surface area contributed by atoms with Gasteiger partial charge in [0.05, 0.1) is 6.61 Å². The number of nitrogens with one attached hydrogen (secondary N) is 1. The quantitative estimate of drug-likeness (QED) is 0.825. The van der Waals surface area contributed by atoms with Gasteiger partial charge >= 0.3 is 0 Å². The molecule has 6 heteroatoms. The number of carbonyl (C=O) groups excluding carboxylic acids is 1. The molecule has 1 aromatic carbocycles. The van der Waals surface area contributed by atoms with Crippen molar-refractivity contribution in [2.24, 2.45) is 0 Å². The summed E-state index contributed by atoms with van der Waals surface area (Å²) in [6.07, 6.45) is 4.87. The summed E-state index contributed by atoms with van der Waals surface area (Å²) in [6.45, 7) is 2.07. The molecule has 1 N–H and O–H groups in total. The normalized spacial score (nSPS) is 12.8. The highest BCUT2D eigenvalue weighted by atomic mass is 16.5. The van der Waals surface area contributed by atoms with E-state index in [0.29, 0.717) is 18.7 Å². The van der Waals surface area contributed by atoms with E-state index >= 15 is 0 Å². The zero-order chi connectivity index (χ0) is 13.8. The summed E-state index contributed by atoms with van der Waals surface area (Å²) in [5.74, 6) is 0.853. The average Bonchev–Trinajstić information content (AvgIpc) is 3.13. The minimum Gasteiger partial charge on any atom is -0.493 e. The summed E-state index contributed by atoms with van der Waals surface area (Å²) in [5, 5.41) is 6.92. The van der Waals surface area contributed by atoms with Crippen LogP contribution in [0.1, 0.15) is 22.3 Å². The number of aryl methyl sites for hydroxylation is 1. The number of hydrogen-bond donors (Lipinski definition) is 1. The Hall–Kier alpha value is -2.37. The zero-order valence-electron chi connectivity index (χ0n) is 11.1. The van der Waals surface area contributed by atoms with Gasteiger partial charge < -0.3 is 10.1 Å². The molecular weight excluding hydrogens is 256 g/mol. The number of hydrogen-bond acceptors (Lipinski definition) is 4. The molecule has 2 aromatic rings. The van der Waals surface area contributed by atoms with E-state index in [1.165, 1.54) is 6.33 Å². The molecule has 0 bridgehead atoms. The second-order valence-electron chi connectivity index (χ2n) is 4.69. The minimum atomic E-state index is -0.0432. The molecular formula is C14H16N4O2. The number of carbonyl (C=O) groups is 1. The van der Waals surface area contributed by atoms with Crippen LogP contribution in [0.5, 0.6) is 5.75 Å². The fourth-order valence-corrected chi connectivity index (χ4v) is 2.22. The highest BCUT2D eigenvalue weighted by molar-refractivity contribution is 5.94. The maximum absolute atomic E-state index is 12.0. The predicted molar refractivity (Wildman–Crippen MR) is 72.6 cm³/mol. The lowest BCUT2D eigenvalue weighted by Gasteiger charge is -2.06. The third kappa shape index (κ3) is 2.79. The van der Waals surface area contributed by atoms with Crippen molar-refractivity contribution in [1.29, 1.82) is 0 Å². The van der Waals surface area contributed by atoms with Gasteiger partial charge in [-0.3, -0.25) is 9.48 Å². The molecule has 1 aromatic heterocycles. The maximum atomic E-state index is 12.0. The summed E-state index contributed by atoms with van der Waals surface area (Å²) < 4.78 is 7.17. The van der Waals surface area contributed by atoms with E-state index in [2.05, 4.69) is 15.4 Å². The number of fused-ring (bicyclic) bond motifs is 1. The van der Waals surface area contributed by atoms with Crippen LogP contribution < -0.4 is 10.1 Å². The lowest BCUT2D eigenvalue weighted by atomic mass is 10.1.